The molecule has 4 atom stereocenters. The molecule has 3 nitrogen and oxygen atoms in total. The van der Waals surface area contributed by atoms with Gasteiger partial charge in [-0.3, -0.25) is 4.79 Å². The quantitative estimate of drug-likeness (QED) is 0.548. The zero-order chi connectivity index (χ0) is 13.7. The van der Waals surface area contributed by atoms with Crippen LogP contribution in [0.4, 0.5) is 0 Å². The topological polar surface area (TPSA) is 46.5 Å². The van der Waals surface area contributed by atoms with Crippen molar-refractivity contribution in [3.63, 3.8) is 0 Å². The number of carboxylic acids is 1. The molecule has 4 heteroatoms. The van der Waals surface area contributed by atoms with Crippen LogP contribution in [0.5, 0.6) is 0 Å². The van der Waals surface area contributed by atoms with Crippen molar-refractivity contribution in [3.05, 3.63) is 12.2 Å². The Bertz CT molecular complexity index is 329. The van der Waals surface area contributed by atoms with Crippen molar-refractivity contribution in [2.24, 2.45) is 11.8 Å². The van der Waals surface area contributed by atoms with Crippen LogP contribution >= 0.6 is 11.8 Å². The molecule has 0 unspecified atom stereocenters. The first kappa shape index (κ1) is 14.9. The highest BCUT2D eigenvalue weighted by molar-refractivity contribution is 8.01. The van der Waals surface area contributed by atoms with E-state index in [4.69, 9.17) is 9.84 Å². The van der Waals surface area contributed by atoms with Crippen LogP contribution in [0.25, 0.3) is 0 Å². The van der Waals surface area contributed by atoms with Gasteiger partial charge >= 0.3 is 5.97 Å². The summed E-state index contributed by atoms with van der Waals surface area (Å²) in [4.78, 5) is 10.4. The highest BCUT2D eigenvalue weighted by atomic mass is 32.2. The highest BCUT2D eigenvalue weighted by Crippen LogP contribution is 2.54. The number of ether oxygens (including phenoxy) is 1. The third-order valence-electron chi connectivity index (χ3n) is 4.29. The number of fused-ring (bicyclic) bond motifs is 2. The van der Waals surface area contributed by atoms with Gasteiger partial charge < -0.3 is 9.84 Å². The molecule has 0 amide bonds. The molecule has 19 heavy (non-hydrogen) atoms. The molecule has 2 fully saturated rings. The van der Waals surface area contributed by atoms with E-state index in [1.165, 1.54) is 12.8 Å². The first-order chi connectivity index (χ1) is 9.22. The van der Waals surface area contributed by atoms with E-state index in [1.807, 2.05) is 0 Å². The van der Waals surface area contributed by atoms with Crippen LogP contribution in [0, 0.1) is 11.8 Å². The van der Waals surface area contributed by atoms with E-state index >= 15 is 0 Å². The molecule has 0 spiro atoms. The van der Waals surface area contributed by atoms with Crippen molar-refractivity contribution in [1.29, 1.82) is 0 Å². The minimum Gasteiger partial charge on any atom is -0.481 e. The third kappa shape index (κ3) is 3.99. The fourth-order valence-electron chi connectivity index (χ4n) is 3.36. The van der Waals surface area contributed by atoms with Crippen molar-refractivity contribution in [2.75, 3.05) is 13.7 Å². The van der Waals surface area contributed by atoms with Gasteiger partial charge in [-0.25, -0.2) is 0 Å². The fraction of sp³-hybridized carbons (Fsp3) is 0.800. The molecule has 0 aromatic carbocycles. The number of methoxy groups -OCH3 is 1. The Labute approximate surface area is 119 Å². The average Bonchev–Trinajstić information content (AvgIpc) is 2.95. The van der Waals surface area contributed by atoms with Crippen molar-refractivity contribution >= 4 is 17.7 Å². The Morgan fingerprint density at radius 3 is 2.74 bits per heavy atom. The van der Waals surface area contributed by atoms with E-state index in [1.54, 1.807) is 7.11 Å². The van der Waals surface area contributed by atoms with Crippen LogP contribution in [0.2, 0.25) is 0 Å². The molecule has 2 heterocycles. The molecule has 2 saturated heterocycles. The van der Waals surface area contributed by atoms with Gasteiger partial charge in [-0.1, -0.05) is 12.2 Å². The van der Waals surface area contributed by atoms with Crippen LogP contribution in [0.3, 0.4) is 0 Å². The second-order valence-corrected chi connectivity index (χ2v) is 7.05. The average molecular weight is 284 g/mol. The fourth-order valence-corrected chi connectivity index (χ4v) is 5.35. The summed E-state index contributed by atoms with van der Waals surface area (Å²) in [6.45, 7) is 0.895. The molecule has 0 saturated carbocycles. The normalized spacial score (nSPS) is 33.3. The molecule has 1 N–H and O–H groups in total. The molecule has 0 aliphatic carbocycles. The van der Waals surface area contributed by atoms with Gasteiger partial charge in [-0.2, -0.15) is 11.8 Å². The number of hydrogen-bond donors (Lipinski definition) is 1. The van der Waals surface area contributed by atoms with E-state index in [9.17, 15) is 4.79 Å². The van der Waals surface area contributed by atoms with Crippen LogP contribution in [0.15, 0.2) is 12.2 Å². The lowest BCUT2D eigenvalue weighted by atomic mass is 9.78. The summed E-state index contributed by atoms with van der Waals surface area (Å²) >= 11 is 2.17. The van der Waals surface area contributed by atoms with Crippen LogP contribution in [-0.2, 0) is 9.53 Å². The summed E-state index contributed by atoms with van der Waals surface area (Å²) in [5.74, 6) is 0.787. The first-order valence-electron chi connectivity index (χ1n) is 7.23. The van der Waals surface area contributed by atoms with E-state index in [0.717, 1.165) is 48.2 Å². The molecule has 108 valence electrons. The maximum absolute atomic E-state index is 10.4. The molecular formula is C15H24O3S. The Morgan fingerprint density at radius 2 is 2.05 bits per heavy atom. The lowest BCUT2D eigenvalue weighted by molar-refractivity contribution is -0.137. The SMILES string of the molecule is COC[C@H]1[C@@H](CC=CCCCC(=O)O)[C@H]2CC[C@@H]1S2. The van der Waals surface area contributed by atoms with Crippen molar-refractivity contribution in [2.45, 2.75) is 49.0 Å². The summed E-state index contributed by atoms with van der Waals surface area (Å²) in [5.41, 5.74) is 0. The highest BCUT2D eigenvalue weighted by Gasteiger charge is 2.47. The number of aliphatic carboxylic acids is 1. The van der Waals surface area contributed by atoms with Gasteiger partial charge in [-0.15, -0.1) is 0 Å². The Morgan fingerprint density at radius 1 is 1.32 bits per heavy atom. The maximum atomic E-state index is 10.4. The number of hydrogen-bond acceptors (Lipinski definition) is 3. The molecule has 2 bridgehead atoms. The lowest BCUT2D eigenvalue weighted by Crippen LogP contribution is -2.30. The molecule has 2 rings (SSSR count). The second-order valence-electron chi connectivity index (χ2n) is 5.57. The number of carboxylic acid groups (broad SMARTS) is 1. The van der Waals surface area contributed by atoms with Crippen LogP contribution in [0.1, 0.15) is 38.5 Å². The molecule has 0 radical (unpaired) electrons. The number of carbonyl (C=O) groups is 1. The smallest absolute Gasteiger partial charge is 0.303 e. The van der Waals surface area contributed by atoms with E-state index in [2.05, 4.69) is 23.9 Å². The van der Waals surface area contributed by atoms with Gasteiger partial charge in [0.15, 0.2) is 0 Å². The van der Waals surface area contributed by atoms with Crippen molar-refractivity contribution < 1.29 is 14.6 Å². The Hall–Kier alpha value is -0.480. The molecule has 0 aromatic rings. The molecule has 2 aliphatic heterocycles. The van der Waals surface area contributed by atoms with Gasteiger partial charge in [0.05, 0.1) is 6.61 Å². The van der Waals surface area contributed by atoms with Gasteiger partial charge in [0, 0.05) is 24.0 Å². The minimum atomic E-state index is -0.696. The Balaban J connectivity index is 1.72. The summed E-state index contributed by atoms with van der Waals surface area (Å²) in [5, 5.41) is 10.2. The summed E-state index contributed by atoms with van der Waals surface area (Å²) in [6, 6.07) is 0. The standard InChI is InChI=1S/C15H24O3S/c1-18-10-12-11(13-8-9-14(12)19-13)6-4-2-3-5-7-15(16)17/h2,4,11-14H,3,5-10H2,1H3,(H,16,17)/t11-,12+,13-,14+/m1/s1. The predicted octanol–water partition coefficient (Wildman–Crippen LogP) is 3.34. The summed E-state index contributed by atoms with van der Waals surface area (Å²) < 4.78 is 5.38. The maximum Gasteiger partial charge on any atom is 0.303 e. The third-order valence-corrected chi connectivity index (χ3v) is 6.16. The second kappa shape index (κ2) is 7.34. The number of thioether (sulfide) groups is 1. The largest absolute Gasteiger partial charge is 0.481 e. The lowest BCUT2D eigenvalue weighted by Gasteiger charge is -2.28. The zero-order valence-electron chi connectivity index (χ0n) is 11.6. The van der Waals surface area contributed by atoms with E-state index < -0.39 is 5.97 Å². The van der Waals surface area contributed by atoms with Gasteiger partial charge in [0.2, 0.25) is 0 Å². The minimum absolute atomic E-state index is 0.278. The monoisotopic (exact) mass is 284 g/mol. The van der Waals surface area contributed by atoms with E-state index in [-0.39, 0.29) is 6.42 Å². The van der Waals surface area contributed by atoms with Crippen LogP contribution < -0.4 is 0 Å². The van der Waals surface area contributed by atoms with Crippen molar-refractivity contribution in [3.8, 4) is 0 Å². The zero-order valence-corrected chi connectivity index (χ0v) is 12.4. The first-order valence-corrected chi connectivity index (χ1v) is 8.18. The predicted molar refractivity (Wildman–Crippen MR) is 78.5 cm³/mol. The number of rotatable bonds is 8. The van der Waals surface area contributed by atoms with E-state index in [0.29, 0.717) is 0 Å². The molecule has 2 aliphatic rings. The van der Waals surface area contributed by atoms with Gasteiger partial charge in [0.1, 0.15) is 0 Å². The summed E-state index contributed by atoms with van der Waals surface area (Å²) in [6.07, 6.45) is 10.2. The van der Waals surface area contributed by atoms with Crippen molar-refractivity contribution in [1.82, 2.24) is 0 Å². The van der Waals surface area contributed by atoms with Gasteiger partial charge in [0.25, 0.3) is 0 Å². The van der Waals surface area contributed by atoms with Gasteiger partial charge in [-0.05, 0) is 43.9 Å². The number of unbranched alkanes of at least 4 members (excludes halogenated alkanes) is 1. The Kier molecular flexibility index (Phi) is 5.76. The van der Waals surface area contributed by atoms with Crippen LogP contribution in [-0.4, -0.2) is 35.3 Å². The number of allylic oxidation sites excluding steroid dienone is 2. The molecule has 0 aromatic heterocycles. The molecular weight excluding hydrogens is 260 g/mol. The summed E-state index contributed by atoms with van der Waals surface area (Å²) in [7, 11) is 1.80.